The first-order valence-corrected chi connectivity index (χ1v) is 1.98. The Morgan fingerprint density at radius 2 is 2.50 bits per heavy atom. The third kappa shape index (κ3) is 0.810. The molecule has 0 saturated heterocycles. The Bertz CT molecular complexity index is 150. The Labute approximate surface area is 45.3 Å². The Kier molecular flexibility index (Phi) is 0.957. The molecule has 8 heavy (non-hydrogen) atoms. The second kappa shape index (κ2) is 1.61. The Balaban J connectivity index is 3.03. The van der Waals surface area contributed by atoms with Crippen molar-refractivity contribution < 1.29 is 4.85 Å². The zero-order valence-corrected chi connectivity index (χ0v) is 3.98. The van der Waals surface area contributed by atoms with E-state index in [1.807, 2.05) is 0 Å². The van der Waals surface area contributed by atoms with Crippen LogP contribution in [0.1, 0.15) is 0 Å². The van der Waals surface area contributed by atoms with Gasteiger partial charge >= 0.3 is 0 Å². The highest BCUT2D eigenvalue weighted by atomic mass is 16.5. The van der Waals surface area contributed by atoms with Crippen molar-refractivity contribution in [2.45, 2.75) is 0 Å². The van der Waals surface area contributed by atoms with E-state index in [1.165, 1.54) is 12.3 Å². The van der Waals surface area contributed by atoms with E-state index in [9.17, 15) is 5.21 Å². The molecule has 0 fully saturated rings. The molecule has 0 aliphatic heterocycles. The van der Waals surface area contributed by atoms with Gasteiger partial charge in [0.25, 0.3) is 5.82 Å². The minimum Gasteiger partial charge on any atom is -0.691 e. The van der Waals surface area contributed by atoms with E-state index < -0.39 is 0 Å². The maximum atomic E-state index is 10.1. The van der Waals surface area contributed by atoms with Crippen LogP contribution in [0.15, 0.2) is 12.3 Å². The van der Waals surface area contributed by atoms with E-state index in [0.717, 1.165) is 0 Å². The molecule has 0 unspecified atom stereocenters. The molecule has 0 aliphatic carbocycles. The van der Waals surface area contributed by atoms with Crippen LogP contribution in [0.2, 0.25) is 0 Å². The zero-order chi connectivity index (χ0) is 5.98. The average molecular weight is 112 g/mol. The molecular formula is C3H4N4O. The van der Waals surface area contributed by atoms with Gasteiger partial charge < -0.3 is 10.9 Å². The number of rotatable bonds is 0. The van der Waals surface area contributed by atoms with Crippen LogP contribution in [-0.4, -0.2) is 10.3 Å². The van der Waals surface area contributed by atoms with Crippen molar-refractivity contribution in [3.63, 3.8) is 0 Å². The second-order valence-electron chi connectivity index (χ2n) is 1.23. The van der Waals surface area contributed by atoms with Crippen molar-refractivity contribution in [3.05, 3.63) is 17.5 Å². The highest BCUT2D eigenvalue weighted by Gasteiger charge is 1.90. The summed E-state index contributed by atoms with van der Waals surface area (Å²) in [7, 11) is 0. The first-order valence-electron chi connectivity index (χ1n) is 1.98. The molecule has 0 bridgehead atoms. The molecule has 0 amide bonds. The largest absolute Gasteiger partial charge is 0.691 e. The molecule has 1 aromatic rings. The van der Waals surface area contributed by atoms with Gasteiger partial charge in [-0.15, -0.1) is 4.85 Å². The zero-order valence-electron chi connectivity index (χ0n) is 3.98. The summed E-state index contributed by atoms with van der Waals surface area (Å²) in [6.45, 7) is 0. The number of hydrogen-bond acceptors (Lipinski definition) is 4. The molecule has 5 nitrogen and oxygen atoms in total. The van der Waals surface area contributed by atoms with Gasteiger partial charge in [-0.1, -0.05) is 0 Å². The summed E-state index contributed by atoms with van der Waals surface area (Å²) in [4.78, 5) is 0.330. The Hall–Kier alpha value is -1.39. The fourth-order valence-corrected chi connectivity index (χ4v) is 0.299. The smallest absolute Gasteiger partial charge is 0.270 e. The van der Waals surface area contributed by atoms with E-state index in [-0.39, 0.29) is 5.82 Å². The monoisotopic (exact) mass is 112 g/mol. The molecule has 0 aromatic carbocycles. The molecule has 1 aromatic heterocycles. The fourth-order valence-electron chi connectivity index (χ4n) is 0.299. The van der Waals surface area contributed by atoms with Gasteiger partial charge in [-0.25, -0.2) is 0 Å². The number of aromatic nitrogens is 3. The quantitative estimate of drug-likeness (QED) is 0.334. The second-order valence-corrected chi connectivity index (χ2v) is 1.23. The van der Waals surface area contributed by atoms with Crippen molar-refractivity contribution in [2.24, 2.45) is 0 Å². The van der Waals surface area contributed by atoms with Crippen molar-refractivity contribution in [1.29, 1.82) is 0 Å². The number of nitrogens with zero attached hydrogens (tertiary/aromatic N) is 3. The fraction of sp³-hybridized carbons (Fsp3) is 0. The van der Waals surface area contributed by atoms with Crippen molar-refractivity contribution in [2.75, 3.05) is 5.73 Å². The highest BCUT2D eigenvalue weighted by molar-refractivity contribution is 5.20. The van der Waals surface area contributed by atoms with Crippen LogP contribution in [-0.2, 0) is 0 Å². The lowest BCUT2D eigenvalue weighted by Gasteiger charge is -1.90. The van der Waals surface area contributed by atoms with Crippen LogP contribution in [0.3, 0.4) is 0 Å². The van der Waals surface area contributed by atoms with Gasteiger partial charge in [0.1, 0.15) is 11.4 Å². The van der Waals surface area contributed by atoms with Crippen LogP contribution < -0.4 is 10.6 Å². The van der Waals surface area contributed by atoms with Crippen LogP contribution in [0, 0.1) is 5.21 Å². The van der Waals surface area contributed by atoms with E-state index in [1.54, 1.807) is 0 Å². The summed E-state index contributed by atoms with van der Waals surface area (Å²) in [5.41, 5.74) is 5.10. The van der Waals surface area contributed by atoms with Crippen molar-refractivity contribution in [3.8, 4) is 0 Å². The van der Waals surface area contributed by atoms with E-state index in [4.69, 9.17) is 5.73 Å². The average Bonchev–Trinajstić information content (AvgIpc) is 1.77. The molecule has 1 heterocycles. The number of hydrogen-bond donors (Lipinski definition) is 1. The highest BCUT2D eigenvalue weighted by Crippen LogP contribution is 1.82. The predicted octanol–water partition coefficient (Wildman–Crippen LogP) is -1.31. The summed E-state index contributed by atoms with van der Waals surface area (Å²) in [6, 6.07) is 1.38. The minimum absolute atomic E-state index is 0.247. The van der Waals surface area contributed by atoms with Gasteiger partial charge in [0.15, 0.2) is 0 Å². The predicted molar refractivity (Wildman–Crippen MR) is 25.4 cm³/mol. The lowest BCUT2D eigenvalue weighted by atomic mass is 10.6. The summed E-state index contributed by atoms with van der Waals surface area (Å²) in [5.74, 6) is 0.247. The molecule has 0 spiro atoms. The summed E-state index contributed by atoms with van der Waals surface area (Å²) < 4.78 is 0. The van der Waals surface area contributed by atoms with Gasteiger partial charge in [0.05, 0.1) is 11.2 Å². The first kappa shape index (κ1) is 4.76. The normalized spacial score (nSPS) is 9.00. The first-order chi connectivity index (χ1) is 3.79. The standard InChI is InChI=1S/C3H4N4O/c4-3-1-2-7(8)6-5-3/h1-2H,(H2,4,5). The molecule has 0 saturated carbocycles. The third-order valence-electron chi connectivity index (χ3n) is 0.621. The molecular weight excluding hydrogens is 108 g/mol. The van der Waals surface area contributed by atoms with Crippen molar-refractivity contribution >= 4 is 5.82 Å². The minimum atomic E-state index is 0.247. The van der Waals surface area contributed by atoms with E-state index in [0.29, 0.717) is 4.85 Å². The maximum Gasteiger partial charge on any atom is 0.270 e. The SMILES string of the molecule is Nc1cc[n+]([O-])nn1. The van der Waals surface area contributed by atoms with Gasteiger partial charge in [-0.3, -0.25) is 0 Å². The lowest BCUT2D eigenvalue weighted by Crippen LogP contribution is -2.31. The van der Waals surface area contributed by atoms with Crippen LogP contribution in [0.4, 0.5) is 5.82 Å². The summed E-state index contributed by atoms with van der Waals surface area (Å²) in [6.07, 6.45) is 1.18. The lowest BCUT2D eigenvalue weighted by molar-refractivity contribution is -0.675. The van der Waals surface area contributed by atoms with Crippen molar-refractivity contribution in [1.82, 2.24) is 10.3 Å². The maximum absolute atomic E-state index is 10.1. The number of nitrogen functional groups attached to an aromatic ring is 1. The molecule has 5 heteroatoms. The summed E-state index contributed by atoms with van der Waals surface area (Å²) >= 11 is 0. The third-order valence-corrected chi connectivity index (χ3v) is 0.621. The van der Waals surface area contributed by atoms with E-state index in [2.05, 4.69) is 10.3 Å². The number of nitrogens with two attached hydrogens (primary N) is 1. The van der Waals surface area contributed by atoms with Crippen LogP contribution in [0.25, 0.3) is 0 Å². The van der Waals surface area contributed by atoms with Gasteiger partial charge in [-0.05, 0) is 0 Å². The van der Waals surface area contributed by atoms with Gasteiger partial charge in [0.2, 0.25) is 0 Å². The van der Waals surface area contributed by atoms with Gasteiger partial charge in [0, 0.05) is 0 Å². The molecule has 2 N–H and O–H groups in total. The molecule has 0 atom stereocenters. The van der Waals surface area contributed by atoms with Crippen LogP contribution in [0.5, 0.6) is 0 Å². The van der Waals surface area contributed by atoms with Crippen LogP contribution >= 0.6 is 0 Å². The molecule has 42 valence electrons. The number of anilines is 1. The summed E-state index contributed by atoms with van der Waals surface area (Å²) in [5, 5.41) is 16.4. The Morgan fingerprint density at radius 3 is 2.88 bits per heavy atom. The molecule has 0 radical (unpaired) electrons. The topological polar surface area (TPSA) is 78.7 Å². The Morgan fingerprint density at radius 1 is 1.75 bits per heavy atom. The van der Waals surface area contributed by atoms with Gasteiger partial charge in [-0.2, -0.15) is 0 Å². The van der Waals surface area contributed by atoms with E-state index >= 15 is 0 Å². The molecule has 0 aliphatic rings. The molecule has 1 rings (SSSR count).